The Morgan fingerprint density at radius 3 is 2.31 bits per heavy atom. The summed E-state index contributed by atoms with van der Waals surface area (Å²) in [6, 6.07) is 26.4. The Bertz CT molecular complexity index is 1620. The van der Waals surface area contributed by atoms with Crippen LogP contribution in [0.5, 0.6) is 17.2 Å². The summed E-state index contributed by atoms with van der Waals surface area (Å²) in [6.07, 6.45) is 0.787. The Morgan fingerprint density at radius 2 is 1.60 bits per heavy atom. The first-order chi connectivity index (χ1) is 21.7. The molecule has 4 rings (SSSR count). The van der Waals surface area contributed by atoms with Gasteiger partial charge in [0, 0.05) is 15.9 Å². The van der Waals surface area contributed by atoms with Crippen molar-refractivity contribution in [3.8, 4) is 17.2 Å². The van der Waals surface area contributed by atoms with Gasteiger partial charge in [-0.15, -0.1) is 0 Å². The Labute approximate surface area is 280 Å². The summed E-state index contributed by atoms with van der Waals surface area (Å²) in [4.78, 5) is 26.3. The third-order valence-corrected chi connectivity index (χ3v) is 7.51. The van der Waals surface area contributed by atoms with Crippen LogP contribution in [0.15, 0.2) is 101 Å². The van der Waals surface area contributed by atoms with Crippen molar-refractivity contribution in [2.75, 3.05) is 6.61 Å². The molecule has 11 heteroatoms. The first-order valence-electron chi connectivity index (χ1n) is 14.1. The van der Waals surface area contributed by atoms with E-state index in [9.17, 15) is 9.59 Å². The second-order valence-corrected chi connectivity index (χ2v) is 11.6. The quantitative estimate of drug-likeness (QED) is 0.105. The average Bonchev–Trinajstić information content (AvgIpc) is 3.03. The Hall–Kier alpha value is -4.05. The van der Waals surface area contributed by atoms with Gasteiger partial charge in [-0.2, -0.15) is 5.10 Å². The molecule has 0 spiro atoms. The summed E-state index contributed by atoms with van der Waals surface area (Å²) in [7, 11) is 0. The van der Waals surface area contributed by atoms with Gasteiger partial charge in [0.25, 0.3) is 11.8 Å². The zero-order valence-electron chi connectivity index (χ0n) is 24.6. The number of carbonyl (C=O) groups is 2. The predicted molar refractivity (Wildman–Crippen MR) is 180 cm³/mol. The van der Waals surface area contributed by atoms with E-state index in [0.717, 1.165) is 15.6 Å². The zero-order chi connectivity index (χ0) is 32.2. The zero-order valence-corrected chi connectivity index (χ0v) is 27.7. The highest BCUT2D eigenvalue weighted by Gasteiger charge is 2.25. The average molecular weight is 713 g/mol. The highest BCUT2D eigenvalue weighted by Crippen LogP contribution is 2.30. The summed E-state index contributed by atoms with van der Waals surface area (Å²) < 4.78 is 18.5. The molecule has 2 N–H and O–H groups in total. The van der Waals surface area contributed by atoms with Gasteiger partial charge in [-0.1, -0.05) is 81.6 Å². The van der Waals surface area contributed by atoms with Crippen LogP contribution in [0.2, 0.25) is 10.0 Å². The number of nitrogens with zero attached hydrogens (tertiary/aromatic N) is 1. The summed E-state index contributed by atoms with van der Waals surface area (Å²) in [5.41, 5.74) is 5.09. The van der Waals surface area contributed by atoms with Gasteiger partial charge in [-0.3, -0.25) is 9.59 Å². The number of ether oxygens (including phenoxy) is 3. The smallest absolute Gasteiger partial charge is 0.262 e. The van der Waals surface area contributed by atoms with Crippen molar-refractivity contribution in [3.63, 3.8) is 0 Å². The first kappa shape index (κ1) is 33.8. The van der Waals surface area contributed by atoms with Gasteiger partial charge in [0.05, 0.1) is 17.8 Å². The maximum absolute atomic E-state index is 13.2. The fourth-order valence-electron chi connectivity index (χ4n) is 4.15. The lowest BCUT2D eigenvalue weighted by Crippen LogP contribution is -2.50. The molecule has 0 aromatic heterocycles. The van der Waals surface area contributed by atoms with Crippen molar-refractivity contribution in [2.45, 2.75) is 39.0 Å². The van der Waals surface area contributed by atoms with E-state index in [1.165, 1.54) is 12.3 Å². The highest BCUT2D eigenvalue weighted by atomic mass is 79.9. The molecule has 2 amide bonds. The monoisotopic (exact) mass is 711 g/mol. The van der Waals surface area contributed by atoms with Gasteiger partial charge in [0.1, 0.15) is 18.4 Å². The van der Waals surface area contributed by atoms with Crippen molar-refractivity contribution in [3.05, 3.63) is 122 Å². The molecule has 0 aliphatic heterocycles. The SMILES string of the molecule is CCOc1cc(/C=N\NC(=O)[C@@H](Cc2ccccc2)NC(=O)[C@H](C)Oc2ccc(Cl)cc2Cl)ccc1OCc1ccc(Br)cc1. The summed E-state index contributed by atoms with van der Waals surface area (Å²) in [6.45, 7) is 4.27. The molecule has 0 saturated carbocycles. The predicted octanol–water partition coefficient (Wildman–Crippen LogP) is 7.38. The van der Waals surface area contributed by atoms with Gasteiger partial charge in [0.2, 0.25) is 0 Å². The molecule has 45 heavy (non-hydrogen) atoms. The molecule has 8 nitrogen and oxygen atoms in total. The number of hydrogen-bond acceptors (Lipinski definition) is 6. The number of hydrogen-bond donors (Lipinski definition) is 2. The maximum atomic E-state index is 13.2. The van der Waals surface area contributed by atoms with Crippen LogP contribution in [-0.4, -0.2) is 36.8 Å². The topological polar surface area (TPSA) is 98.2 Å². The number of nitrogens with one attached hydrogen (secondary N) is 2. The fourth-order valence-corrected chi connectivity index (χ4v) is 4.86. The van der Waals surface area contributed by atoms with Crippen LogP contribution in [0.4, 0.5) is 0 Å². The van der Waals surface area contributed by atoms with E-state index in [4.69, 9.17) is 37.4 Å². The van der Waals surface area contributed by atoms with Gasteiger partial charge in [-0.25, -0.2) is 5.43 Å². The summed E-state index contributed by atoms with van der Waals surface area (Å²) in [5.74, 6) is 0.436. The first-order valence-corrected chi connectivity index (χ1v) is 15.7. The molecular formula is C34H32BrCl2N3O5. The lowest BCUT2D eigenvalue weighted by atomic mass is 10.1. The van der Waals surface area contributed by atoms with E-state index in [-0.39, 0.29) is 11.4 Å². The highest BCUT2D eigenvalue weighted by molar-refractivity contribution is 9.10. The number of halogens is 3. The van der Waals surface area contributed by atoms with Crippen molar-refractivity contribution >= 4 is 57.2 Å². The van der Waals surface area contributed by atoms with Crippen molar-refractivity contribution in [1.82, 2.24) is 10.7 Å². The van der Waals surface area contributed by atoms with Crippen LogP contribution in [-0.2, 0) is 22.6 Å². The molecular weight excluding hydrogens is 681 g/mol. The minimum Gasteiger partial charge on any atom is -0.490 e. The van der Waals surface area contributed by atoms with Crippen LogP contribution < -0.4 is 25.0 Å². The van der Waals surface area contributed by atoms with Crippen LogP contribution in [0, 0.1) is 0 Å². The fraction of sp³-hybridized carbons (Fsp3) is 0.206. The lowest BCUT2D eigenvalue weighted by Gasteiger charge is -2.21. The van der Waals surface area contributed by atoms with E-state index < -0.39 is 24.0 Å². The Morgan fingerprint density at radius 1 is 0.867 bits per heavy atom. The number of amides is 2. The van der Waals surface area contributed by atoms with E-state index in [1.54, 1.807) is 37.3 Å². The van der Waals surface area contributed by atoms with Gasteiger partial charge in [0.15, 0.2) is 17.6 Å². The summed E-state index contributed by atoms with van der Waals surface area (Å²) in [5, 5.41) is 7.62. The van der Waals surface area contributed by atoms with Crippen molar-refractivity contribution in [1.29, 1.82) is 0 Å². The molecule has 4 aromatic carbocycles. The molecule has 0 saturated heterocycles. The molecule has 4 aromatic rings. The molecule has 0 aliphatic carbocycles. The normalized spacial score (nSPS) is 12.3. The van der Waals surface area contributed by atoms with Crippen LogP contribution >= 0.6 is 39.1 Å². The van der Waals surface area contributed by atoms with Crippen LogP contribution in [0.1, 0.15) is 30.5 Å². The molecule has 0 aliphatic rings. The second-order valence-electron chi connectivity index (χ2n) is 9.87. The van der Waals surface area contributed by atoms with Crippen molar-refractivity contribution in [2.24, 2.45) is 5.10 Å². The third kappa shape index (κ3) is 10.5. The third-order valence-electron chi connectivity index (χ3n) is 6.45. The van der Waals surface area contributed by atoms with Gasteiger partial charge in [-0.05, 0) is 79.1 Å². The molecule has 0 heterocycles. The standard InChI is InChI=1S/C34H32BrCl2N3O5/c1-3-43-32-18-25(11-15-31(32)44-21-24-9-12-26(35)13-10-24)20-38-40-34(42)29(17-23-7-5-4-6-8-23)39-33(41)22(2)45-30-16-14-27(36)19-28(30)37/h4-16,18-20,22,29H,3,17,21H2,1-2H3,(H,39,41)(H,40,42)/b38-20-/t22-,29+/m0/s1. The Balaban J connectivity index is 1.41. The molecule has 234 valence electrons. The molecule has 0 fully saturated rings. The van der Waals surface area contributed by atoms with Gasteiger partial charge >= 0.3 is 0 Å². The minimum absolute atomic E-state index is 0.237. The largest absolute Gasteiger partial charge is 0.490 e. The van der Waals surface area contributed by atoms with E-state index in [0.29, 0.717) is 41.0 Å². The van der Waals surface area contributed by atoms with Crippen LogP contribution in [0.25, 0.3) is 0 Å². The van der Waals surface area contributed by atoms with Crippen molar-refractivity contribution < 1.29 is 23.8 Å². The number of carbonyl (C=O) groups excluding carboxylic acids is 2. The number of rotatable bonds is 14. The molecule has 0 bridgehead atoms. The second kappa shape index (κ2) is 16.9. The lowest BCUT2D eigenvalue weighted by molar-refractivity contribution is -0.132. The van der Waals surface area contributed by atoms with Gasteiger partial charge < -0.3 is 19.5 Å². The molecule has 0 unspecified atom stereocenters. The van der Waals surface area contributed by atoms with E-state index in [1.807, 2.05) is 61.5 Å². The van der Waals surface area contributed by atoms with E-state index in [2.05, 4.69) is 31.8 Å². The van der Waals surface area contributed by atoms with E-state index >= 15 is 0 Å². The molecule has 2 atom stereocenters. The molecule has 0 radical (unpaired) electrons. The number of hydrazone groups is 1. The summed E-state index contributed by atoms with van der Waals surface area (Å²) >= 11 is 15.6. The Kier molecular flexibility index (Phi) is 12.7. The maximum Gasteiger partial charge on any atom is 0.262 e. The number of benzene rings is 4. The minimum atomic E-state index is -0.945. The van der Waals surface area contributed by atoms with Crippen LogP contribution in [0.3, 0.4) is 0 Å².